The first-order chi connectivity index (χ1) is 10.1. The Morgan fingerprint density at radius 3 is 2.76 bits per heavy atom. The third-order valence-electron chi connectivity index (χ3n) is 2.65. The van der Waals surface area contributed by atoms with Gasteiger partial charge in [-0.2, -0.15) is 0 Å². The standard InChI is InChI=1S/C15H14N2O4/c1-2-16-14(18)12-9-10(7-8-17-12)21-13-6-4-3-5-11(13)15(19)20/h3-9H,2H2,1H3,(H,16,18)(H,19,20). The Morgan fingerprint density at radius 1 is 1.29 bits per heavy atom. The van der Waals surface area contributed by atoms with Crippen molar-refractivity contribution in [3.8, 4) is 11.5 Å². The third-order valence-corrected chi connectivity index (χ3v) is 2.65. The van der Waals surface area contributed by atoms with Crippen LogP contribution in [0, 0.1) is 0 Å². The summed E-state index contributed by atoms with van der Waals surface area (Å²) in [6.07, 6.45) is 1.43. The number of amides is 1. The highest BCUT2D eigenvalue weighted by Gasteiger charge is 2.12. The summed E-state index contributed by atoms with van der Waals surface area (Å²) in [5, 5.41) is 11.7. The molecule has 0 saturated heterocycles. The second kappa shape index (κ2) is 6.51. The van der Waals surface area contributed by atoms with Crippen molar-refractivity contribution in [2.24, 2.45) is 0 Å². The molecule has 1 aromatic carbocycles. The molecule has 0 aliphatic rings. The molecule has 0 radical (unpaired) electrons. The lowest BCUT2D eigenvalue weighted by atomic mass is 10.2. The van der Waals surface area contributed by atoms with Gasteiger partial charge < -0.3 is 15.2 Å². The molecule has 0 saturated carbocycles. The average Bonchev–Trinajstić information content (AvgIpc) is 2.48. The highest BCUT2D eigenvalue weighted by molar-refractivity contribution is 5.93. The predicted molar refractivity (Wildman–Crippen MR) is 75.7 cm³/mol. The van der Waals surface area contributed by atoms with Gasteiger partial charge in [-0.3, -0.25) is 9.78 Å². The maximum absolute atomic E-state index is 11.7. The minimum atomic E-state index is -1.08. The van der Waals surface area contributed by atoms with E-state index in [4.69, 9.17) is 9.84 Å². The molecule has 0 atom stereocenters. The summed E-state index contributed by atoms with van der Waals surface area (Å²) < 4.78 is 5.54. The monoisotopic (exact) mass is 286 g/mol. The first kappa shape index (κ1) is 14.5. The number of rotatable bonds is 5. The molecule has 1 heterocycles. The van der Waals surface area contributed by atoms with Crippen molar-refractivity contribution in [1.29, 1.82) is 0 Å². The lowest BCUT2D eigenvalue weighted by Crippen LogP contribution is -2.23. The number of aromatic carboxylic acids is 1. The van der Waals surface area contributed by atoms with Crippen LogP contribution in [0.1, 0.15) is 27.8 Å². The molecular formula is C15H14N2O4. The number of carbonyl (C=O) groups is 2. The van der Waals surface area contributed by atoms with Gasteiger partial charge >= 0.3 is 5.97 Å². The van der Waals surface area contributed by atoms with E-state index < -0.39 is 5.97 Å². The summed E-state index contributed by atoms with van der Waals surface area (Å²) in [5.41, 5.74) is 0.260. The Labute approximate surface area is 121 Å². The quantitative estimate of drug-likeness (QED) is 0.880. The molecule has 2 N–H and O–H groups in total. The van der Waals surface area contributed by atoms with Crippen LogP contribution in [0.25, 0.3) is 0 Å². The molecule has 0 fully saturated rings. The largest absolute Gasteiger partial charge is 0.478 e. The van der Waals surface area contributed by atoms with E-state index in [2.05, 4.69) is 10.3 Å². The molecule has 1 amide bonds. The highest BCUT2D eigenvalue weighted by atomic mass is 16.5. The van der Waals surface area contributed by atoms with Crippen molar-refractivity contribution in [2.45, 2.75) is 6.92 Å². The molecule has 2 aromatic rings. The fourth-order valence-corrected chi connectivity index (χ4v) is 1.71. The molecule has 0 spiro atoms. The molecule has 6 nitrogen and oxygen atoms in total. The number of nitrogens with zero attached hydrogens (tertiary/aromatic N) is 1. The maximum Gasteiger partial charge on any atom is 0.339 e. The van der Waals surface area contributed by atoms with Crippen LogP contribution in [-0.2, 0) is 0 Å². The van der Waals surface area contributed by atoms with Gasteiger partial charge in [-0.25, -0.2) is 4.79 Å². The van der Waals surface area contributed by atoms with Crippen molar-refractivity contribution in [3.63, 3.8) is 0 Å². The van der Waals surface area contributed by atoms with Crippen molar-refractivity contribution in [1.82, 2.24) is 10.3 Å². The Bertz CT molecular complexity index is 670. The van der Waals surface area contributed by atoms with E-state index in [9.17, 15) is 9.59 Å². The number of benzene rings is 1. The number of hydrogen-bond acceptors (Lipinski definition) is 4. The van der Waals surface area contributed by atoms with E-state index in [0.717, 1.165) is 0 Å². The molecule has 0 bridgehead atoms. The Hall–Kier alpha value is -2.89. The molecule has 0 unspecified atom stereocenters. The zero-order valence-electron chi connectivity index (χ0n) is 11.4. The number of carboxylic acids is 1. The number of carboxylic acid groups (broad SMARTS) is 1. The van der Waals surface area contributed by atoms with E-state index in [1.165, 1.54) is 18.3 Å². The number of aromatic nitrogens is 1. The summed E-state index contributed by atoms with van der Waals surface area (Å²) >= 11 is 0. The van der Waals surface area contributed by atoms with Crippen LogP contribution in [0.5, 0.6) is 11.5 Å². The number of hydrogen-bond donors (Lipinski definition) is 2. The number of pyridine rings is 1. The van der Waals surface area contributed by atoms with E-state index in [1.54, 1.807) is 31.2 Å². The van der Waals surface area contributed by atoms with Gasteiger partial charge in [-0.1, -0.05) is 12.1 Å². The summed E-state index contributed by atoms with van der Waals surface area (Å²) in [6.45, 7) is 2.30. The van der Waals surface area contributed by atoms with Crippen LogP contribution >= 0.6 is 0 Å². The predicted octanol–water partition coefficient (Wildman–Crippen LogP) is 2.32. The third kappa shape index (κ3) is 3.56. The average molecular weight is 286 g/mol. The number of para-hydroxylation sites is 1. The van der Waals surface area contributed by atoms with Gasteiger partial charge in [0.05, 0.1) is 0 Å². The van der Waals surface area contributed by atoms with Crippen LogP contribution < -0.4 is 10.1 Å². The fourth-order valence-electron chi connectivity index (χ4n) is 1.71. The van der Waals surface area contributed by atoms with Gasteiger partial charge in [-0.15, -0.1) is 0 Å². The molecule has 0 aliphatic carbocycles. The van der Waals surface area contributed by atoms with Gasteiger partial charge in [0.1, 0.15) is 22.8 Å². The Balaban J connectivity index is 2.26. The van der Waals surface area contributed by atoms with Crippen molar-refractivity contribution < 1.29 is 19.4 Å². The van der Waals surface area contributed by atoms with E-state index in [1.807, 2.05) is 0 Å². The molecule has 6 heteroatoms. The van der Waals surface area contributed by atoms with Crippen LogP contribution in [0.3, 0.4) is 0 Å². The lowest BCUT2D eigenvalue weighted by molar-refractivity contribution is 0.0693. The fraction of sp³-hybridized carbons (Fsp3) is 0.133. The summed E-state index contributed by atoms with van der Waals surface area (Å²) in [5.74, 6) is -0.837. The minimum absolute atomic E-state index is 0.0499. The lowest BCUT2D eigenvalue weighted by Gasteiger charge is -2.09. The molecule has 0 aliphatic heterocycles. The second-order valence-electron chi connectivity index (χ2n) is 4.14. The van der Waals surface area contributed by atoms with Crippen LogP contribution in [0.2, 0.25) is 0 Å². The van der Waals surface area contributed by atoms with Crippen molar-refractivity contribution in [2.75, 3.05) is 6.54 Å². The molecule has 108 valence electrons. The van der Waals surface area contributed by atoms with Gasteiger partial charge in [0, 0.05) is 18.8 Å². The first-order valence-corrected chi connectivity index (χ1v) is 6.36. The minimum Gasteiger partial charge on any atom is -0.478 e. The summed E-state index contributed by atoms with van der Waals surface area (Å²) in [7, 11) is 0. The molecule has 2 rings (SSSR count). The van der Waals surface area contributed by atoms with Crippen molar-refractivity contribution in [3.05, 3.63) is 53.9 Å². The zero-order valence-corrected chi connectivity index (χ0v) is 11.4. The topological polar surface area (TPSA) is 88.5 Å². The first-order valence-electron chi connectivity index (χ1n) is 6.36. The number of nitrogens with one attached hydrogen (secondary N) is 1. The van der Waals surface area contributed by atoms with E-state index in [0.29, 0.717) is 12.3 Å². The van der Waals surface area contributed by atoms with Crippen molar-refractivity contribution >= 4 is 11.9 Å². The van der Waals surface area contributed by atoms with Gasteiger partial charge in [-0.05, 0) is 25.1 Å². The Morgan fingerprint density at radius 2 is 2.05 bits per heavy atom. The SMILES string of the molecule is CCNC(=O)c1cc(Oc2ccccc2C(=O)O)ccn1. The molecule has 21 heavy (non-hydrogen) atoms. The highest BCUT2D eigenvalue weighted by Crippen LogP contribution is 2.25. The Kier molecular flexibility index (Phi) is 4.50. The summed E-state index contributed by atoms with van der Waals surface area (Å²) in [6, 6.07) is 9.31. The smallest absolute Gasteiger partial charge is 0.339 e. The molecule has 1 aromatic heterocycles. The number of ether oxygens (including phenoxy) is 1. The maximum atomic E-state index is 11.7. The van der Waals surface area contributed by atoms with Crippen LogP contribution in [0.15, 0.2) is 42.6 Å². The van der Waals surface area contributed by atoms with Gasteiger partial charge in [0.15, 0.2) is 0 Å². The van der Waals surface area contributed by atoms with Crippen LogP contribution in [0.4, 0.5) is 0 Å². The normalized spacial score (nSPS) is 9.95. The molecular weight excluding hydrogens is 272 g/mol. The van der Waals surface area contributed by atoms with Gasteiger partial charge in [0.25, 0.3) is 5.91 Å². The van der Waals surface area contributed by atoms with Crippen LogP contribution in [-0.4, -0.2) is 28.5 Å². The van der Waals surface area contributed by atoms with E-state index in [-0.39, 0.29) is 22.9 Å². The zero-order chi connectivity index (χ0) is 15.2. The van der Waals surface area contributed by atoms with E-state index >= 15 is 0 Å². The second-order valence-corrected chi connectivity index (χ2v) is 4.14. The summed E-state index contributed by atoms with van der Waals surface area (Å²) in [4.78, 5) is 26.8. The number of carbonyl (C=O) groups excluding carboxylic acids is 1. The van der Waals surface area contributed by atoms with Gasteiger partial charge in [0.2, 0.25) is 0 Å².